The second-order valence-electron chi connectivity index (χ2n) is 4.78. The van der Waals surface area contributed by atoms with Crippen LogP contribution < -0.4 is 4.73 Å². The van der Waals surface area contributed by atoms with Gasteiger partial charge in [0.25, 0.3) is 5.82 Å². The van der Waals surface area contributed by atoms with Gasteiger partial charge < -0.3 is 5.21 Å². The fraction of sp³-hybridized carbons (Fsp3) is 0.125. The first-order valence-corrected chi connectivity index (χ1v) is 6.33. The van der Waals surface area contributed by atoms with Crippen molar-refractivity contribution in [3.05, 3.63) is 65.0 Å². The SMILES string of the molecule is Cc1nc2ccc(-c3ccc(F)cc3)cc2c(C)[n+]1[O-]. The summed E-state index contributed by atoms with van der Waals surface area (Å²) in [6.07, 6.45) is 0. The van der Waals surface area contributed by atoms with Crippen molar-refractivity contribution in [3.63, 3.8) is 0 Å². The lowest BCUT2D eigenvalue weighted by Crippen LogP contribution is -2.35. The molecule has 0 radical (unpaired) electrons. The van der Waals surface area contributed by atoms with Crippen molar-refractivity contribution in [2.24, 2.45) is 0 Å². The standard InChI is InChI=1S/C16H13FN2O/c1-10-15-9-13(12-3-6-14(17)7-4-12)5-8-16(15)18-11(2)19(10)20/h3-9H,1-2H3. The van der Waals surface area contributed by atoms with Gasteiger partial charge >= 0.3 is 0 Å². The van der Waals surface area contributed by atoms with E-state index in [0.29, 0.717) is 11.5 Å². The lowest BCUT2D eigenvalue weighted by Gasteiger charge is -2.10. The predicted octanol–water partition coefficient (Wildman–Crippen LogP) is 3.29. The topological polar surface area (TPSA) is 39.8 Å². The first-order valence-electron chi connectivity index (χ1n) is 6.33. The van der Waals surface area contributed by atoms with Gasteiger partial charge in [0.1, 0.15) is 11.5 Å². The van der Waals surface area contributed by atoms with E-state index in [1.54, 1.807) is 26.0 Å². The molecule has 1 heterocycles. The highest BCUT2D eigenvalue weighted by Gasteiger charge is 2.12. The van der Waals surface area contributed by atoms with E-state index in [9.17, 15) is 9.60 Å². The highest BCUT2D eigenvalue weighted by molar-refractivity contribution is 5.85. The second-order valence-corrected chi connectivity index (χ2v) is 4.78. The number of benzene rings is 2. The third kappa shape index (κ3) is 1.99. The van der Waals surface area contributed by atoms with E-state index in [1.165, 1.54) is 12.1 Å². The van der Waals surface area contributed by atoms with Gasteiger partial charge in [-0.3, -0.25) is 0 Å². The fourth-order valence-corrected chi connectivity index (χ4v) is 2.32. The highest BCUT2D eigenvalue weighted by atomic mass is 19.1. The minimum absolute atomic E-state index is 0.264. The van der Waals surface area contributed by atoms with Crippen molar-refractivity contribution < 1.29 is 9.12 Å². The largest absolute Gasteiger partial charge is 0.711 e. The Morgan fingerprint density at radius 2 is 1.65 bits per heavy atom. The third-order valence-corrected chi connectivity index (χ3v) is 3.44. The summed E-state index contributed by atoms with van der Waals surface area (Å²) in [6.45, 7) is 3.46. The van der Waals surface area contributed by atoms with Crippen LogP contribution in [-0.2, 0) is 0 Å². The Hall–Kier alpha value is -2.49. The van der Waals surface area contributed by atoms with Crippen LogP contribution in [0.1, 0.15) is 11.5 Å². The van der Waals surface area contributed by atoms with E-state index in [1.807, 2.05) is 18.2 Å². The molecule has 0 unspecified atom stereocenters. The van der Waals surface area contributed by atoms with Crippen LogP contribution in [0.2, 0.25) is 0 Å². The lowest BCUT2D eigenvalue weighted by molar-refractivity contribution is -0.620. The Morgan fingerprint density at radius 1 is 1.00 bits per heavy atom. The molecule has 0 saturated heterocycles. The van der Waals surface area contributed by atoms with Crippen LogP contribution in [-0.4, -0.2) is 4.98 Å². The minimum atomic E-state index is -0.264. The molecule has 3 nitrogen and oxygen atoms in total. The van der Waals surface area contributed by atoms with E-state index < -0.39 is 0 Å². The van der Waals surface area contributed by atoms with E-state index in [-0.39, 0.29) is 5.82 Å². The van der Waals surface area contributed by atoms with Crippen LogP contribution in [0.4, 0.5) is 4.39 Å². The van der Waals surface area contributed by atoms with Crippen molar-refractivity contribution in [1.29, 1.82) is 0 Å². The number of hydrogen-bond donors (Lipinski definition) is 0. The molecule has 0 amide bonds. The zero-order valence-electron chi connectivity index (χ0n) is 11.2. The van der Waals surface area contributed by atoms with Gasteiger partial charge in [0.15, 0.2) is 5.52 Å². The second kappa shape index (κ2) is 4.56. The van der Waals surface area contributed by atoms with E-state index in [4.69, 9.17) is 0 Å². The first-order chi connectivity index (χ1) is 9.56. The number of aromatic nitrogens is 2. The lowest BCUT2D eigenvalue weighted by atomic mass is 10.0. The van der Waals surface area contributed by atoms with Crippen LogP contribution >= 0.6 is 0 Å². The van der Waals surface area contributed by atoms with Crippen molar-refractivity contribution in [1.82, 2.24) is 4.98 Å². The maximum Gasteiger partial charge on any atom is 0.299 e. The van der Waals surface area contributed by atoms with Gasteiger partial charge in [-0.1, -0.05) is 12.1 Å². The molecule has 0 spiro atoms. The molecule has 20 heavy (non-hydrogen) atoms. The summed E-state index contributed by atoms with van der Waals surface area (Å²) >= 11 is 0. The molecule has 0 aliphatic heterocycles. The molecule has 1 aromatic heterocycles. The van der Waals surface area contributed by atoms with Gasteiger partial charge in [-0.2, -0.15) is 0 Å². The molecular weight excluding hydrogens is 255 g/mol. The molecule has 0 aliphatic rings. The maximum atomic E-state index is 13.0. The predicted molar refractivity (Wildman–Crippen MR) is 75.6 cm³/mol. The average Bonchev–Trinajstić information content (AvgIpc) is 2.46. The zero-order valence-corrected chi connectivity index (χ0v) is 11.2. The van der Waals surface area contributed by atoms with E-state index in [2.05, 4.69) is 4.98 Å². The molecule has 0 N–H and O–H groups in total. The van der Waals surface area contributed by atoms with Gasteiger partial charge in [0.2, 0.25) is 0 Å². The van der Waals surface area contributed by atoms with Crippen molar-refractivity contribution in [3.8, 4) is 11.1 Å². The van der Waals surface area contributed by atoms with Crippen molar-refractivity contribution >= 4 is 10.9 Å². The summed E-state index contributed by atoms with van der Waals surface area (Å²) in [7, 11) is 0. The van der Waals surface area contributed by atoms with Crippen molar-refractivity contribution in [2.75, 3.05) is 0 Å². The Labute approximate surface area is 115 Å². The van der Waals surface area contributed by atoms with Crippen molar-refractivity contribution in [2.45, 2.75) is 13.8 Å². The smallest absolute Gasteiger partial charge is 0.299 e. The Kier molecular flexibility index (Phi) is 2.86. The Balaban J connectivity index is 2.22. The summed E-state index contributed by atoms with van der Waals surface area (Å²) in [5, 5.41) is 12.7. The number of fused-ring (bicyclic) bond motifs is 1. The summed E-state index contributed by atoms with van der Waals surface area (Å²) in [5.74, 6) is 0.171. The molecular formula is C16H13FN2O. The van der Waals surface area contributed by atoms with Crippen LogP contribution in [0, 0.1) is 24.9 Å². The molecule has 3 aromatic rings. The number of hydrogen-bond acceptors (Lipinski definition) is 2. The molecule has 0 saturated carbocycles. The van der Waals surface area contributed by atoms with E-state index >= 15 is 0 Å². The quantitative estimate of drug-likeness (QED) is 0.502. The molecule has 3 rings (SSSR count). The van der Waals surface area contributed by atoms with Gasteiger partial charge in [-0.05, 0) is 53.4 Å². The van der Waals surface area contributed by atoms with Crippen LogP contribution in [0.15, 0.2) is 42.5 Å². The molecule has 0 aliphatic carbocycles. The molecule has 2 aromatic carbocycles. The van der Waals surface area contributed by atoms with E-state index in [0.717, 1.165) is 26.8 Å². The van der Waals surface area contributed by atoms with Gasteiger partial charge in [0, 0.05) is 6.92 Å². The van der Waals surface area contributed by atoms with Gasteiger partial charge in [-0.15, -0.1) is 0 Å². The summed E-state index contributed by atoms with van der Waals surface area (Å²) in [6, 6.07) is 12.0. The minimum Gasteiger partial charge on any atom is -0.711 e. The molecule has 0 fully saturated rings. The number of halogens is 1. The first kappa shape index (κ1) is 12.5. The van der Waals surface area contributed by atoms with Gasteiger partial charge in [-0.25, -0.2) is 9.12 Å². The number of rotatable bonds is 1. The van der Waals surface area contributed by atoms with Crippen LogP contribution in [0.5, 0.6) is 0 Å². The monoisotopic (exact) mass is 268 g/mol. The fourth-order valence-electron chi connectivity index (χ4n) is 2.32. The maximum absolute atomic E-state index is 13.0. The van der Waals surface area contributed by atoms with Gasteiger partial charge in [0.05, 0.1) is 5.39 Å². The highest BCUT2D eigenvalue weighted by Crippen LogP contribution is 2.24. The third-order valence-electron chi connectivity index (χ3n) is 3.44. The summed E-state index contributed by atoms with van der Waals surface area (Å²) in [4.78, 5) is 4.28. The number of nitrogens with zero attached hydrogens (tertiary/aromatic N) is 2. The summed E-state index contributed by atoms with van der Waals surface area (Å²) < 4.78 is 13.8. The Morgan fingerprint density at radius 3 is 2.35 bits per heavy atom. The average molecular weight is 268 g/mol. The normalized spacial score (nSPS) is 10.9. The zero-order chi connectivity index (χ0) is 14.3. The summed E-state index contributed by atoms with van der Waals surface area (Å²) in [5.41, 5.74) is 3.26. The Bertz CT molecular complexity index is 798. The molecule has 4 heteroatoms. The van der Waals surface area contributed by atoms with Crippen LogP contribution in [0.3, 0.4) is 0 Å². The molecule has 0 bridgehead atoms. The molecule has 100 valence electrons. The van der Waals surface area contributed by atoms with Crippen LogP contribution in [0.25, 0.3) is 22.0 Å². The number of aryl methyl sites for hydroxylation is 2. The molecule has 0 atom stereocenters.